The number of aromatic nitrogens is 1. The van der Waals surface area contributed by atoms with Crippen molar-refractivity contribution < 1.29 is 0 Å². The zero-order chi connectivity index (χ0) is 21.0. The fraction of sp³-hybridized carbons (Fsp3) is 0.621. The normalized spacial score (nSPS) is 19.1. The summed E-state index contributed by atoms with van der Waals surface area (Å²) in [6.45, 7) is 4.50. The summed E-state index contributed by atoms with van der Waals surface area (Å²) < 4.78 is 0. The van der Waals surface area contributed by atoms with Gasteiger partial charge in [0.1, 0.15) is 0 Å². The van der Waals surface area contributed by atoms with E-state index in [1.165, 1.54) is 100 Å². The summed E-state index contributed by atoms with van der Waals surface area (Å²) in [5.41, 5.74) is 5.11. The molecule has 0 spiro atoms. The zero-order valence-corrected chi connectivity index (χ0v) is 19.5. The summed E-state index contributed by atoms with van der Waals surface area (Å²) in [4.78, 5) is 4.74. The van der Waals surface area contributed by atoms with Crippen LogP contribution in [0.3, 0.4) is 0 Å². The highest BCUT2D eigenvalue weighted by molar-refractivity contribution is 5.59. The van der Waals surface area contributed by atoms with Crippen LogP contribution < -0.4 is 0 Å². The lowest BCUT2D eigenvalue weighted by Gasteiger charge is -2.28. The van der Waals surface area contributed by atoms with Gasteiger partial charge in [0.2, 0.25) is 0 Å². The molecule has 0 saturated heterocycles. The third-order valence-corrected chi connectivity index (χ3v) is 7.26. The number of unbranched alkanes of at least 4 members (excludes halogenated alkanes) is 5. The largest absolute Gasteiger partial charge is 0.256 e. The predicted octanol–water partition coefficient (Wildman–Crippen LogP) is 8.80. The van der Waals surface area contributed by atoms with Crippen LogP contribution in [-0.4, -0.2) is 4.98 Å². The van der Waals surface area contributed by atoms with Gasteiger partial charge in [-0.3, -0.25) is 4.98 Å². The molecule has 0 bridgehead atoms. The molecule has 0 radical (unpaired) electrons. The number of aryl methyl sites for hydroxylation is 2. The molecule has 1 aliphatic carbocycles. The van der Waals surface area contributed by atoms with Crippen LogP contribution in [0.4, 0.5) is 0 Å². The minimum Gasteiger partial charge on any atom is -0.256 e. The Hall–Kier alpha value is -1.63. The minimum absolute atomic E-state index is 0.937. The number of rotatable bonds is 12. The molecule has 0 N–H and O–H groups in total. The van der Waals surface area contributed by atoms with E-state index in [1.807, 2.05) is 0 Å². The van der Waals surface area contributed by atoms with Crippen molar-refractivity contribution in [2.75, 3.05) is 0 Å². The third-order valence-electron chi connectivity index (χ3n) is 7.26. The van der Waals surface area contributed by atoms with E-state index in [1.54, 1.807) is 0 Å². The highest BCUT2D eigenvalue weighted by Crippen LogP contribution is 2.34. The second kappa shape index (κ2) is 12.9. The van der Waals surface area contributed by atoms with Crippen LogP contribution in [0.15, 0.2) is 42.6 Å². The van der Waals surface area contributed by atoms with Gasteiger partial charge in [-0.1, -0.05) is 115 Å². The number of nitrogens with zero attached hydrogens (tertiary/aromatic N) is 1. The Morgan fingerprint density at radius 2 is 1.33 bits per heavy atom. The van der Waals surface area contributed by atoms with Crippen LogP contribution in [0, 0.1) is 11.8 Å². The van der Waals surface area contributed by atoms with Crippen molar-refractivity contribution in [3.05, 3.63) is 53.7 Å². The van der Waals surface area contributed by atoms with E-state index in [9.17, 15) is 0 Å². The SMILES string of the molecule is CCCCCCCC[C@H]1CC[C@H](CCc2ccc(-c3ccc(CC)cc3)nc2)CC1. The van der Waals surface area contributed by atoms with E-state index in [0.29, 0.717) is 0 Å². The molecule has 1 aliphatic rings. The fourth-order valence-corrected chi connectivity index (χ4v) is 5.05. The van der Waals surface area contributed by atoms with Crippen LogP contribution in [0.25, 0.3) is 11.3 Å². The summed E-state index contributed by atoms with van der Waals surface area (Å²) in [7, 11) is 0. The number of hydrogen-bond acceptors (Lipinski definition) is 1. The monoisotopic (exact) mass is 405 g/mol. The first-order valence-corrected chi connectivity index (χ1v) is 12.8. The molecule has 1 nitrogen and oxygen atoms in total. The van der Waals surface area contributed by atoms with Crippen molar-refractivity contribution in [3.8, 4) is 11.3 Å². The first-order chi connectivity index (χ1) is 14.8. The smallest absolute Gasteiger partial charge is 0.0702 e. The summed E-state index contributed by atoms with van der Waals surface area (Å²) in [5, 5.41) is 0. The Balaban J connectivity index is 1.33. The Bertz CT molecular complexity index is 692. The molecule has 1 fully saturated rings. The second-order valence-electron chi connectivity index (χ2n) is 9.58. The Kier molecular flexibility index (Phi) is 9.93. The van der Waals surface area contributed by atoms with E-state index in [-0.39, 0.29) is 0 Å². The first kappa shape index (κ1) is 23.0. The Labute approximate surface area is 185 Å². The van der Waals surface area contributed by atoms with Crippen molar-refractivity contribution in [2.45, 2.75) is 104 Å². The van der Waals surface area contributed by atoms with E-state index < -0.39 is 0 Å². The Morgan fingerprint density at radius 3 is 1.97 bits per heavy atom. The average Bonchev–Trinajstić information content (AvgIpc) is 2.81. The van der Waals surface area contributed by atoms with Gasteiger partial charge in [-0.25, -0.2) is 0 Å². The van der Waals surface area contributed by atoms with Crippen molar-refractivity contribution in [3.63, 3.8) is 0 Å². The molecule has 30 heavy (non-hydrogen) atoms. The van der Waals surface area contributed by atoms with Crippen LogP contribution >= 0.6 is 0 Å². The van der Waals surface area contributed by atoms with E-state index >= 15 is 0 Å². The fourth-order valence-electron chi connectivity index (χ4n) is 5.05. The molecule has 1 heteroatoms. The maximum absolute atomic E-state index is 4.74. The van der Waals surface area contributed by atoms with Gasteiger partial charge >= 0.3 is 0 Å². The average molecular weight is 406 g/mol. The maximum atomic E-state index is 4.74. The zero-order valence-electron chi connectivity index (χ0n) is 19.5. The quantitative estimate of drug-likeness (QED) is 0.321. The highest BCUT2D eigenvalue weighted by Gasteiger charge is 2.20. The summed E-state index contributed by atoms with van der Waals surface area (Å²) >= 11 is 0. The summed E-state index contributed by atoms with van der Waals surface area (Å²) in [6.07, 6.45) is 21.7. The van der Waals surface area contributed by atoms with Gasteiger partial charge in [0.05, 0.1) is 5.69 Å². The molecular formula is C29H43N. The molecule has 0 atom stereocenters. The van der Waals surface area contributed by atoms with Crippen molar-refractivity contribution >= 4 is 0 Å². The van der Waals surface area contributed by atoms with Crippen molar-refractivity contribution in [1.82, 2.24) is 4.98 Å². The van der Waals surface area contributed by atoms with Gasteiger partial charge in [0.25, 0.3) is 0 Å². The van der Waals surface area contributed by atoms with Crippen molar-refractivity contribution in [2.24, 2.45) is 11.8 Å². The molecule has 1 saturated carbocycles. The molecule has 1 aromatic carbocycles. The molecule has 164 valence electrons. The Morgan fingerprint density at radius 1 is 0.700 bits per heavy atom. The van der Waals surface area contributed by atoms with Gasteiger partial charge in [-0.15, -0.1) is 0 Å². The summed E-state index contributed by atoms with van der Waals surface area (Å²) in [6, 6.07) is 13.3. The molecule has 0 aliphatic heterocycles. The number of pyridine rings is 1. The van der Waals surface area contributed by atoms with Gasteiger partial charge in [-0.05, 0) is 48.3 Å². The van der Waals surface area contributed by atoms with Gasteiger partial charge < -0.3 is 0 Å². The minimum atomic E-state index is 0.937. The molecule has 0 amide bonds. The molecule has 1 heterocycles. The molecular weight excluding hydrogens is 362 g/mol. The lowest BCUT2D eigenvalue weighted by atomic mass is 9.78. The van der Waals surface area contributed by atoms with E-state index in [4.69, 9.17) is 4.98 Å². The van der Waals surface area contributed by atoms with E-state index in [2.05, 4.69) is 56.4 Å². The van der Waals surface area contributed by atoms with Crippen LogP contribution in [0.2, 0.25) is 0 Å². The van der Waals surface area contributed by atoms with Gasteiger partial charge in [0, 0.05) is 11.8 Å². The summed E-state index contributed by atoms with van der Waals surface area (Å²) in [5.74, 6) is 1.96. The lowest BCUT2D eigenvalue weighted by molar-refractivity contribution is 0.248. The van der Waals surface area contributed by atoms with Crippen molar-refractivity contribution in [1.29, 1.82) is 0 Å². The topological polar surface area (TPSA) is 12.9 Å². The van der Waals surface area contributed by atoms with Crippen LogP contribution in [-0.2, 0) is 12.8 Å². The molecule has 1 aromatic heterocycles. The van der Waals surface area contributed by atoms with Crippen LogP contribution in [0.5, 0.6) is 0 Å². The number of hydrogen-bond donors (Lipinski definition) is 0. The second-order valence-corrected chi connectivity index (χ2v) is 9.58. The third kappa shape index (κ3) is 7.56. The van der Waals surface area contributed by atoms with Crippen LogP contribution in [0.1, 0.15) is 102 Å². The highest BCUT2D eigenvalue weighted by atomic mass is 14.7. The molecule has 2 aromatic rings. The number of benzene rings is 1. The predicted molar refractivity (Wildman–Crippen MR) is 131 cm³/mol. The maximum Gasteiger partial charge on any atom is 0.0702 e. The van der Waals surface area contributed by atoms with Gasteiger partial charge in [0.15, 0.2) is 0 Å². The van der Waals surface area contributed by atoms with E-state index in [0.717, 1.165) is 24.0 Å². The lowest BCUT2D eigenvalue weighted by Crippen LogP contribution is -2.15. The molecule has 0 unspecified atom stereocenters. The van der Waals surface area contributed by atoms with Gasteiger partial charge in [-0.2, -0.15) is 0 Å². The first-order valence-electron chi connectivity index (χ1n) is 12.8. The molecule has 3 rings (SSSR count). The standard InChI is InChI=1S/C29H43N/c1-3-5-6-7-8-9-10-25-11-13-26(14-12-25)15-16-27-19-22-29(30-23-27)28-20-17-24(4-2)18-21-28/h17-23,25-26H,3-16H2,1-2H3/t25-,26-.